The van der Waals surface area contributed by atoms with Crippen LogP contribution in [0.4, 0.5) is 8.78 Å². The normalized spacial score (nSPS) is 10.1. The van der Waals surface area contributed by atoms with Crippen LogP contribution in [0.1, 0.15) is 5.56 Å². The predicted molar refractivity (Wildman–Crippen MR) is 57.1 cm³/mol. The van der Waals surface area contributed by atoms with E-state index in [0.717, 1.165) is 0 Å². The van der Waals surface area contributed by atoms with Gasteiger partial charge in [-0.3, -0.25) is 0 Å². The smallest absolute Gasteiger partial charge is 0.165 e. The number of hydrogen-bond acceptors (Lipinski definition) is 1. The van der Waals surface area contributed by atoms with Gasteiger partial charge in [0, 0.05) is 0 Å². The van der Waals surface area contributed by atoms with Crippen molar-refractivity contribution in [3.8, 4) is 5.75 Å². The molecule has 0 aromatic heterocycles. The van der Waals surface area contributed by atoms with Gasteiger partial charge in [0.05, 0.1) is 0 Å². The van der Waals surface area contributed by atoms with Crippen molar-refractivity contribution in [1.82, 2.24) is 0 Å². The maximum absolute atomic E-state index is 13.2. The van der Waals surface area contributed by atoms with Gasteiger partial charge in [0.2, 0.25) is 0 Å². The van der Waals surface area contributed by atoms with Crippen LogP contribution in [0.3, 0.4) is 0 Å². The molecule has 0 radical (unpaired) electrons. The Kier molecular flexibility index (Phi) is 3.15. The van der Waals surface area contributed by atoms with Crippen molar-refractivity contribution in [2.24, 2.45) is 0 Å². The van der Waals surface area contributed by atoms with E-state index in [1.165, 1.54) is 24.3 Å². The first kappa shape index (κ1) is 10.6. The van der Waals surface area contributed by atoms with Gasteiger partial charge in [-0.05, 0) is 29.8 Å². The maximum Gasteiger partial charge on any atom is 0.165 e. The third-order valence-corrected chi connectivity index (χ3v) is 2.12. The predicted octanol–water partition coefficient (Wildman–Crippen LogP) is 3.54. The molecule has 0 unspecified atom stereocenters. The van der Waals surface area contributed by atoms with Crippen LogP contribution in [-0.4, -0.2) is 0 Å². The molecule has 0 saturated carbocycles. The summed E-state index contributed by atoms with van der Waals surface area (Å²) in [5.74, 6) is -0.569. The van der Waals surface area contributed by atoms with Gasteiger partial charge in [0.25, 0.3) is 0 Å². The van der Waals surface area contributed by atoms with Crippen molar-refractivity contribution in [1.29, 1.82) is 0 Å². The van der Waals surface area contributed by atoms with Gasteiger partial charge in [0.15, 0.2) is 11.6 Å². The third kappa shape index (κ3) is 2.57. The number of hydrogen-bond donors (Lipinski definition) is 0. The van der Waals surface area contributed by atoms with E-state index in [2.05, 4.69) is 0 Å². The summed E-state index contributed by atoms with van der Waals surface area (Å²) in [5, 5.41) is 0. The zero-order valence-corrected chi connectivity index (χ0v) is 8.49. The minimum absolute atomic E-state index is 0.151. The fourth-order valence-corrected chi connectivity index (χ4v) is 1.35. The van der Waals surface area contributed by atoms with E-state index in [9.17, 15) is 8.78 Å². The van der Waals surface area contributed by atoms with Crippen molar-refractivity contribution >= 4 is 0 Å². The highest BCUT2D eigenvalue weighted by Crippen LogP contribution is 2.17. The minimum Gasteiger partial charge on any atom is -0.486 e. The quantitative estimate of drug-likeness (QED) is 0.768. The molecule has 1 nitrogen and oxygen atoms in total. The van der Waals surface area contributed by atoms with Gasteiger partial charge in [0.1, 0.15) is 12.4 Å². The number of ether oxygens (including phenoxy) is 1. The summed E-state index contributed by atoms with van der Waals surface area (Å²) in [6.45, 7) is 0.151. The molecule has 3 heteroatoms. The SMILES string of the molecule is Fc1cccc(COc2ccccc2F)c1. The fourth-order valence-electron chi connectivity index (χ4n) is 1.35. The molecular formula is C13H10F2O. The van der Waals surface area contributed by atoms with Crippen LogP contribution < -0.4 is 4.74 Å². The average Bonchev–Trinajstić information content (AvgIpc) is 2.28. The number of rotatable bonds is 3. The van der Waals surface area contributed by atoms with Gasteiger partial charge in [-0.1, -0.05) is 24.3 Å². The molecule has 2 aromatic rings. The van der Waals surface area contributed by atoms with E-state index in [1.54, 1.807) is 24.3 Å². The first-order chi connectivity index (χ1) is 7.75. The molecule has 0 fully saturated rings. The number of para-hydroxylation sites is 1. The average molecular weight is 220 g/mol. The highest BCUT2D eigenvalue weighted by atomic mass is 19.1. The molecule has 0 aliphatic carbocycles. The highest BCUT2D eigenvalue weighted by molar-refractivity contribution is 5.24. The summed E-state index contributed by atoms with van der Waals surface area (Å²) in [6.07, 6.45) is 0. The Morgan fingerprint density at radius 3 is 2.50 bits per heavy atom. The van der Waals surface area contributed by atoms with Crippen molar-refractivity contribution in [3.05, 3.63) is 65.7 Å². The van der Waals surface area contributed by atoms with Gasteiger partial charge < -0.3 is 4.74 Å². The van der Waals surface area contributed by atoms with Crippen LogP contribution in [0.25, 0.3) is 0 Å². The summed E-state index contributed by atoms with van der Waals surface area (Å²) in [6, 6.07) is 12.2. The molecule has 0 heterocycles. The Labute approximate surface area is 92.3 Å². The Balaban J connectivity index is 2.05. The van der Waals surface area contributed by atoms with Crippen LogP contribution in [0.2, 0.25) is 0 Å². The largest absolute Gasteiger partial charge is 0.486 e. The molecular weight excluding hydrogens is 210 g/mol. The second-order valence-electron chi connectivity index (χ2n) is 3.35. The van der Waals surface area contributed by atoms with Gasteiger partial charge in [-0.2, -0.15) is 0 Å². The van der Waals surface area contributed by atoms with Gasteiger partial charge >= 0.3 is 0 Å². The molecule has 82 valence electrons. The fraction of sp³-hybridized carbons (Fsp3) is 0.0769. The topological polar surface area (TPSA) is 9.23 Å². The number of benzene rings is 2. The van der Waals surface area contributed by atoms with Crippen molar-refractivity contribution < 1.29 is 13.5 Å². The Morgan fingerprint density at radius 2 is 1.75 bits per heavy atom. The van der Waals surface area contributed by atoms with E-state index in [-0.39, 0.29) is 18.2 Å². The van der Waals surface area contributed by atoms with E-state index in [1.807, 2.05) is 0 Å². The summed E-state index contributed by atoms with van der Waals surface area (Å²) >= 11 is 0. The standard InChI is InChI=1S/C13H10F2O/c14-11-5-3-4-10(8-11)9-16-13-7-2-1-6-12(13)15/h1-8H,9H2. The molecule has 0 aliphatic rings. The molecule has 0 atom stereocenters. The zero-order chi connectivity index (χ0) is 11.4. The van der Waals surface area contributed by atoms with Gasteiger partial charge in [-0.25, -0.2) is 8.78 Å². The molecule has 0 spiro atoms. The first-order valence-corrected chi connectivity index (χ1v) is 4.87. The zero-order valence-electron chi connectivity index (χ0n) is 8.49. The molecule has 0 aliphatic heterocycles. The van der Waals surface area contributed by atoms with Crippen LogP contribution in [0.5, 0.6) is 5.75 Å². The lowest BCUT2D eigenvalue weighted by Crippen LogP contribution is -1.97. The van der Waals surface area contributed by atoms with E-state index in [4.69, 9.17) is 4.74 Å². The lowest BCUT2D eigenvalue weighted by atomic mass is 10.2. The summed E-state index contributed by atoms with van der Waals surface area (Å²) in [5.41, 5.74) is 0.670. The van der Waals surface area contributed by atoms with Crippen molar-refractivity contribution in [3.63, 3.8) is 0 Å². The van der Waals surface area contributed by atoms with E-state index in [0.29, 0.717) is 5.56 Å². The molecule has 0 bridgehead atoms. The lowest BCUT2D eigenvalue weighted by molar-refractivity contribution is 0.290. The van der Waals surface area contributed by atoms with E-state index < -0.39 is 5.82 Å². The van der Waals surface area contributed by atoms with Crippen LogP contribution >= 0.6 is 0 Å². The van der Waals surface area contributed by atoms with Crippen LogP contribution in [0, 0.1) is 11.6 Å². The summed E-state index contributed by atoms with van der Waals surface area (Å²) in [4.78, 5) is 0. The second kappa shape index (κ2) is 4.75. The Morgan fingerprint density at radius 1 is 0.938 bits per heavy atom. The van der Waals surface area contributed by atoms with Crippen molar-refractivity contribution in [2.75, 3.05) is 0 Å². The second-order valence-corrected chi connectivity index (χ2v) is 3.35. The Hall–Kier alpha value is -1.90. The molecule has 2 rings (SSSR count). The minimum atomic E-state index is -0.418. The number of halogens is 2. The van der Waals surface area contributed by atoms with Crippen LogP contribution in [0.15, 0.2) is 48.5 Å². The monoisotopic (exact) mass is 220 g/mol. The Bertz CT molecular complexity index is 483. The lowest BCUT2D eigenvalue weighted by Gasteiger charge is -2.06. The molecule has 0 saturated heterocycles. The molecule has 2 aromatic carbocycles. The molecule has 0 N–H and O–H groups in total. The van der Waals surface area contributed by atoms with Gasteiger partial charge in [-0.15, -0.1) is 0 Å². The van der Waals surface area contributed by atoms with Crippen LogP contribution in [-0.2, 0) is 6.61 Å². The molecule has 0 amide bonds. The summed E-state index contributed by atoms with van der Waals surface area (Å²) < 4.78 is 31.3. The molecule has 16 heavy (non-hydrogen) atoms. The highest BCUT2D eigenvalue weighted by Gasteiger charge is 2.02. The third-order valence-electron chi connectivity index (χ3n) is 2.12. The maximum atomic E-state index is 13.2. The first-order valence-electron chi connectivity index (χ1n) is 4.87. The van der Waals surface area contributed by atoms with E-state index >= 15 is 0 Å². The van der Waals surface area contributed by atoms with Crippen molar-refractivity contribution in [2.45, 2.75) is 6.61 Å². The summed E-state index contributed by atoms with van der Waals surface area (Å²) in [7, 11) is 0.